The highest BCUT2D eigenvalue weighted by Gasteiger charge is 2.29. The van der Waals surface area contributed by atoms with Crippen molar-refractivity contribution in [2.24, 2.45) is 0 Å². The SMILES string of the molecule is COC(=O)N[C@@H](C(=O)C(C)S)[C@@H](C)OC. The molecule has 0 aromatic rings. The fourth-order valence-corrected chi connectivity index (χ4v) is 1.16. The molecular weight excluding hydrogens is 218 g/mol. The average Bonchev–Trinajstić information content (AvgIpc) is 2.23. The van der Waals surface area contributed by atoms with Crippen LogP contribution in [-0.4, -0.2) is 43.5 Å². The maximum absolute atomic E-state index is 11.7. The lowest BCUT2D eigenvalue weighted by Crippen LogP contribution is -2.50. The smallest absolute Gasteiger partial charge is 0.407 e. The third-order valence-corrected chi connectivity index (χ3v) is 2.27. The number of nitrogens with one attached hydrogen (secondary N) is 1. The topological polar surface area (TPSA) is 64.6 Å². The molecule has 0 aliphatic rings. The molecule has 0 fully saturated rings. The molecule has 0 aliphatic carbocycles. The van der Waals surface area contributed by atoms with Gasteiger partial charge in [-0.05, 0) is 13.8 Å². The molecule has 0 aromatic carbocycles. The fourth-order valence-electron chi connectivity index (χ4n) is 1.00. The van der Waals surface area contributed by atoms with Crippen molar-refractivity contribution >= 4 is 24.5 Å². The molecule has 1 amide bonds. The van der Waals surface area contributed by atoms with E-state index in [1.165, 1.54) is 14.2 Å². The summed E-state index contributed by atoms with van der Waals surface area (Å²) in [7, 11) is 2.70. The lowest BCUT2D eigenvalue weighted by atomic mass is 10.1. The van der Waals surface area contributed by atoms with Gasteiger partial charge in [0.15, 0.2) is 5.78 Å². The second kappa shape index (κ2) is 6.68. The molecular formula is C9H17NO4S. The van der Waals surface area contributed by atoms with Gasteiger partial charge in [-0.25, -0.2) is 4.79 Å². The highest BCUT2D eigenvalue weighted by atomic mass is 32.1. The summed E-state index contributed by atoms with van der Waals surface area (Å²) in [5.74, 6) is -0.210. The number of ketones is 1. The zero-order chi connectivity index (χ0) is 12.0. The Labute approximate surface area is 94.9 Å². The van der Waals surface area contributed by atoms with E-state index in [0.29, 0.717) is 0 Å². The van der Waals surface area contributed by atoms with Gasteiger partial charge in [0, 0.05) is 7.11 Å². The van der Waals surface area contributed by atoms with Crippen molar-refractivity contribution in [2.45, 2.75) is 31.2 Å². The van der Waals surface area contributed by atoms with E-state index in [9.17, 15) is 9.59 Å². The number of ether oxygens (including phenoxy) is 2. The van der Waals surface area contributed by atoms with E-state index in [-0.39, 0.29) is 5.78 Å². The van der Waals surface area contributed by atoms with Crippen molar-refractivity contribution in [3.05, 3.63) is 0 Å². The molecule has 3 atom stereocenters. The van der Waals surface area contributed by atoms with E-state index < -0.39 is 23.5 Å². The predicted molar refractivity (Wildman–Crippen MR) is 59.3 cm³/mol. The van der Waals surface area contributed by atoms with Crippen LogP contribution in [0.2, 0.25) is 0 Å². The second-order valence-corrected chi connectivity index (χ2v) is 3.91. The molecule has 0 saturated carbocycles. The van der Waals surface area contributed by atoms with Crippen LogP contribution in [0.3, 0.4) is 0 Å². The zero-order valence-electron chi connectivity index (χ0n) is 9.31. The van der Waals surface area contributed by atoms with Crippen LogP contribution >= 0.6 is 12.6 Å². The first-order chi connectivity index (χ1) is 6.93. The molecule has 15 heavy (non-hydrogen) atoms. The summed E-state index contributed by atoms with van der Waals surface area (Å²) >= 11 is 4.02. The van der Waals surface area contributed by atoms with Gasteiger partial charge in [0.05, 0.1) is 18.5 Å². The number of hydrogen-bond donors (Lipinski definition) is 2. The minimum atomic E-state index is -0.741. The number of Topliss-reactive ketones (excluding diaryl/α,β-unsaturated/α-hetero) is 1. The Hall–Kier alpha value is -0.750. The molecule has 0 spiro atoms. The number of rotatable bonds is 5. The molecule has 88 valence electrons. The van der Waals surface area contributed by atoms with Crippen molar-refractivity contribution in [3.63, 3.8) is 0 Å². The highest BCUT2D eigenvalue weighted by Crippen LogP contribution is 2.06. The Morgan fingerprint density at radius 3 is 2.13 bits per heavy atom. The number of thiol groups is 1. The summed E-state index contributed by atoms with van der Waals surface area (Å²) < 4.78 is 9.43. The van der Waals surface area contributed by atoms with E-state index in [1.807, 2.05) is 0 Å². The molecule has 0 saturated heterocycles. The van der Waals surface area contributed by atoms with Gasteiger partial charge in [-0.1, -0.05) is 0 Å². The lowest BCUT2D eigenvalue weighted by Gasteiger charge is -2.23. The lowest BCUT2D eigenvalue weighted by molar-refractivity contribution is -0.123. The number of alkyl carbamates (subject to hydrolysis) is 1. The summed E-state index contributed by atoms with van der Waals surface area (Å²) in [6.07, 6.45) is -1.09. The number of carbonyl (C=O) groups excluding carboxylic acids is 2. The number of methoxy groups -OCH3 is 2. The predicted octanol–water partition coefficient (Wildman–Crippen LogP) is 0.633. The molecule has 1 unspecified atom stereocenters. The molecule has 0 aliphatic heterocycles. The Morgan fingerprint density at radius 2 is 1.80 bits per heavy atom. The average molecular weight is 235 g/mol. The van der Waals surface area contributed by atoms with Crippen molar-refractivity contribution in [1.82, 2.24) is 5.32 Å². The Bertz CT molecular complexity index is 232. The quantitative estimate of drug-likeness (QED) is 0.686. The Morgan fingerprint density at radius 1 is 1.27 bits per heavy atom. The maximum Gasteiger partial charge on any atom is 0.407 e. The molecule has 0 rings (SSSR count). The number of carbonyl (C=O) groups is 2. The van der Waals surface area contributed by atoms with Gasteiger partial charge >= 0.3 is 6.09 Å². The van der Waals surface area contributed by atoms with Crippen molar-refractivity contribution in [1.29, 1.82) is 0 Å². The molecule has 5 nitrogen and oxygen atoms in total. The molecule has 0 radical (unpaired) electrons. The van der Waals surface area contributed by atoms with Crippen LogP contribution in [0.1, 0.15) is 13.8 Å². The minimum absolute atomic E-state index is 0.210. The van der Waals surface area contributed by atoms with Crippen molar-refractivity contribution in [2.75, 3.05) is 14.2 Å². The summed E-state index contributed by atoms with van der Waals surface area (Å²) in [5, 5.41) is 1.95. The Kier molecular flexibility index (Phi) is 6.35. The van der Waals surface area contributed by atoms with Gasteiger partial charge in [0.25, 0.3) is 0 Å². The van der Waals surface area contributed by atoms with Crippen LogP contribution in [0.5, 0.6) is 0 Å². The van der Waals surface area contributed by atoms with Gasteiger partial charge in [-0.15, -0.1) is 0 Å². The first kappa shape index (κ1) is 14.2. The van der Waals surface area contributed by atoms with Crippen molar-refractivity contribution in [3.8, 4) is 0 Å². The van der Waals surface area contributed by atoms with E-state index >= 15 is 0 Å². The van der Waals surface area contributed by atoms with Crippen LogP contribution in [0.4, 0.5) is 4.79 Å². The van der Waals surface area contributed by atoms with Gasteiger partial charge in [-0.3, -0.25) is 4.79 Å². The van der Waals surface area contributed by atoms with Gasteiger partial charge in [0.2, 0.25) is 0 Å². The molecule has 0 heterocycles. The summed E-state index contributed by atoms with van der Waals surface area (Å²) in [6.45, 7) is 3.33. The first-order valence-electron chi connectivity index (χ1n) is 4.53. The molecule has 0 aromatic heterocycles. The minimum Gasteiger partial charge on any atom is -0.453 e. The van der Waals surface area contributed by atoms with Gasteiger partial charge < -0.3 is 14.8 Å². The Balaban J connectivity index is 4.58. The third kappa shape index (κ3) is 4.53. The normalized spacial score (nSPS) is 16.3. The summed E-state index contributed by atoms with van der Waals surface area (Å²) in [5.41, 5.74) is 0. The van der Waals surface area contributed by atoms with Crippen LogP contribution < -0.4 is 5.32 Å². The molecule has 0 bridgehead atoms. The van der Waals surface area contributed by atoms with E-state index in [0.717, 1.165) is 0 Å². The van der Waals surface area contributed by atoms with Crippen molar-refractivity contribution < 1.29 is 19.1 Å². The molecule has 1 N–H and O–H groups in total. The fraction of sp³-hybridized carbons (Fsp3) is 0.778. The number of amides is 1. The zero-order valence-corrected chi connectivity index (χ0v) is 10.2. The van der Waals surface area contributed by atoms with E-state index in [2.05, 4.69) is 22.7 Å². The van der Waals surface area contributed by atoms with E-state index in [4.69, 9.17) is 4.74 Å². The largest absolute Gasteiger partial charge is 0.453 e. The number of hydrogen-bond acceptors (Lipinski definition) is 5. The first-order valence-corrected chi connectivity index (χ1v) is 5.04. The maximum atomic E-state index is 11.7. The monoisotopic (exact) mass is 235 g/mol. The second-order valence-electron chi connectivity index (χ2n) is 3.13. The third-order valence-electron chi connectivity index (χ3n) is 2.02. The summed E-state index contributed by atoms with van der Waals surface area (Å²) in [4.78, 5) is 22.7. The standard InChI is InChI=1S/C9H17NO4S/c1-5(13-3)7(8(11)6(2)15)10-9(12)14-4/h5-7,15H,1-4H3,(H,10,12)/t5-,6?,7-/m1/s1. The van der Waals surface area contributed by atoms with Gasteiger partial charge in [-0.2, -0.15) is 12.6 Å². The van der Waals surface area contributed by atoms with Crippen LogP contribution in [0, 0.1) is 0 Å². The van der Waals surface area contributed by atoms with E-state index in [1.54, 1.807) is 13.8 Å². The van der Waals surface area contributed by atoms with Crippen LogP contribution in [0.25, 0.3) is 0 Å². The van der Waals surface area contributed by atoms with Crippen LogP contribution in [-0.2, 0) is 14.3 Å². The summed E-state index contributed by atoms with van der Waals surface area (Å²) in [6, 6.07) is -0.741. The molecule has 6 heteroatoms. The van der Waals surface area contributed by atoms with Gasteiger partial charge in [0.1, 0.15) is 6.04 Å². The highest BCUT2D eigenvalue weighted by molar-refractivity contribution is 7.81. The van der Waals surface area contributed by atoms with Crippen LogP contribution in [0.15, 0.2) is 0 Å².